The predicted octanol–water partition coefficient (Wildman–Crippen LogP) is 0.966. The second-order valence-corrected chi connectivity index (χ2v) is 8.64. The fraction of sp³-hybridized carbons (Fsp3) is 0.636. The molecular formula is C22H31NO6. The summed E-state index contributed by atoms with van der Waals surface area (Å²) in [7, 11) is 1.45. The summed E-state index contributed by atoms with van der Waals surface area (Å²) in [5, 5.41) is 39.7. The van der Waals surface area contributed by atoms with E-state index >= 15 is 0 Å². The molecule has 2 fully saturated rings. The van der Waals surface area contributed by atoms with Crippen LogP contribution in [0.4, 0.5) is 0 Å². The Morgan fingerprint density at radius 1 is 1.21 bits per heavy atom. The van der Waals surface area contributed by atoms with Crippen molar-refractivity contribution in [3.05, 3.63) is 35.6 Å². The first-order chi connectivity index (χ1) is 13.8. The minimum absolute atomic E-state index is 0.0183. The van der Waals surface area contributed by atoms with Crippen LogP contribution in [0.25, 0.3) is 0 Å². The lowest BCUT2D eigenvalue weighted by molar-refractivity contribution is -0.126. The van der Waals surface area contributed by atoms with Crippen LogP contribution in [0.15, 0.2) is 35.6 Å². The summed E-state index contributed by atoms with van der Waals surface area (Å²) in [6.45, 7) is 1.35. The van der Waals surface area contributed by atoms with Gasteiger partial charge < -0.3 is 25.3 Å². The zero-order chi connectivity index (χ0) is 21.3. The van der Waals surface area contributed by atoms with Crippen molar-refractivity contribution in [1.29, 1.82) is 0 Å². The van der Waals surface area contributed by atoms with Gasteiger partial charge in [-0.15, -0.1) is 0 Å². The average Bonchev–Trinajstić information content (AvgIpc) is 2.94. The van der Waals surface area contributed by atoms with Crippen molar-refractivity contribution in [2.75, 3.05) is 26.9 Å². The van der Waals surface area contributed by atoms with Gasteiger partial charge in [-0.05, 0) is 37.0 Å². The van der Waals surface area contributed by atoms with Crippen LogP contribution in [0.3, 0.4) is 0 Å². The van der Waals surface area contributed by atoms with Crippen molar-refractivity contribution in [2.45, 2.75) is 32.2 Å². The van der Waals surface area contributed by atoms with Gasteiger partial charge in [0.05, 0.1) is 13.2 Å². The average molecular weight is 405 g/mol. The normalized spacial score (nSPS) is 39.3. The largest absolute Gasteiger partial charge is 0.511 e. The van der Waals surface area contributed by atoms with Crippen LogP contribution in [-0.2, 0) is 9.59 Å². The number of hydrogen-bond acceptors (Lipinski definition) is 6. The number of likely N-dealkylation sites (tertiary alicyclic amines) is 1. The molecule has 3 rings (SSSR count). The number of likely N-dealkylation sites (N-methyl/N-ethyl adjacent to an activating group) is 1. The standard InChI is InChI=1S/C22H31NO6/c1-22(20(28)18-19(27)17(12-26)23(2)21(18)29)15(4-3-9-24)7-6-14-10-13(11-25)5-8-16(14)22/h3-4,6-7,13-17,24-26,28H,5,8-12H2,1-2H3/b4-3+,20-18-/t13-,14-,15-,16-,17+,22-/m1/s1. The quantitative estimate of drug-likeness (QED) is 0.234. The van der Waals surface area contributed by atoms with E-state index in [1.165, 1.54) is 11.9 Å². The number of rotatable bonds is 5. The van der Waals surface area contributed by atoms with Crippen molar-refractivity contribution in [1.82, 2.24) is 4.90 Å². The van der Waals surface area contributed by atoms with Crippen molar-refractivity contribution < 1.29 is 30.0 Å². The van der Waals surface area contributed by atoms with Crippen LogP contribution in [0.5, 0.6) is 0 Å². The number of nitrogens with zero attached hydrogens (tertiary/aromatic N) is 1. The highest BCUT2D eigenvalue weighted by atomic mass is 16.3. The number of ketones is 1. The number of carbonyl (C=O) groups excluding carboxylic acids is 2. The minimum atomic E-state index is -0.977. The van der Waals surface area contributed by atoms with Gasteiger partial charge in [0, 0.05) is 25.0 Å². The molecule has 7 heteroatoms. The minimum Gasteiger partial charge on any atom is -0.511 e. The van der Waals surface area contributed by atoms with Gasteiger partial charge >= 0.3 is 0 Å². The molecule has 1 saturated carbocycles. The first kappa shape index (κ1) is 21.7. The summed E-state index contributed by atoms with van der Waals surface area (Å²) in [6, 6.07) is -0.977. The van der Waals surface area contributed by atoms with Crippen molar-refractivity contribution >= 4 is 11.7 Å². The lowest BCUT2D eigenvalue weighted by Crippen LogP contribution is -2.46. The number of aliphatic hydroxyl groups excluding tert-OH is 4. The maximum Gasteiger partial charge on any atom is 0.261 e. The lowest BCUT2D eigenvalue weighted by Gasteiger charge is -2.50. The molecule has 2 aliphatic carbocycles. The molecule has 1 amide bonds. The third-order valence-electron chi connectivity index (χ3n) is 7.21. The second kappa shape index (κ2) is 8.42. The van der Waals surface area contributed by atoms with E-state index in [0.717, 1.165) is 19.3 Å². The van der Waals surface area contributed by atoms with Crippen LogP contribution >= 0.6 is 0 Å². The van der Waals surface area contributed by atoms with Gasteiger partial charge in [0.1, 0.15) is 17.4 Å². The van der Waals surface area contributed by atoms with E-state index in [0.29, 0.717) is 0 Å². The Balaban J connectivity index is 2.11. The maximum atomic E-state index is 12.8. The van der Waals surface area contributed by atoms with E-state index in [2.05, 4.69) is 6.08 Å². The third kappa shape index (κ3) is 3.45. The van der Waals surface area contributed by atoms with E-state index < -0.39 is 29.8 Å². The van der Waals surface area contributed by atoms with Gasteiger partial charge in [0.25, 0.3) is 5.91 Å². The fourth-order valence-electron chi connectivity index (χ4n) is 5.39. The van der Waals surface area contributed by atoms with Gasteiger partial charge in [-0.1, -0.05) is 31.2 Å². The second-order valence-electron chi connectivity index (χ2n) is 8.64. The molecule has 1 heterocycles. The highest BCUT2D eigenvalue weighted by molar-refractivity contribution is 6.26. The molecule has 160 valence electrons. The number of allylic oxidation sites excluding steroid dienone is 4. The highest BCUT2D eigenvalue weighted by Gasteiger charge is 2.54. The van der Waals surface area contributed by atoms with Crippen LogP contribution in [0, 0.1) is 29.1 Å². The molecular weight excluding hydrogens is 374 g/mol. The smallest absolute Gasteiger partial charge is 0.261 e. The highest BCUT2D eigenvalue weighted by Crippen LogP contribution is 2.56. The molecule has 1 aliphatic heterocycles. The van der Waals surface area contributed by atoms with Gasteiger partial charge in [0.2, 0.25) is 0 Å². The molecule has 1 saturated heterocycles. The topological polar surface area (TPSA) is 118 Å². The third-order valence-corrected chi connectivity index (χ3v) is 7.21. The first-order valence-corrected chi connectivity index (χ1v) is 10.2. The van der Waals surface area contributed by atoms with Crippen molar-refractivity contribution in [2.24, 2.45) is 29.1 Å². The van der Waals surface area contributed by atoms with E-state index in [4.69, 9.17) is 0 Å². The maximum absolute atomic E-state index is 12.8. The van der Waals surface area contributed by atoms with Crippen LogP contribution in [-0.4, -0.2) is 69.9 Å². The summed E-state index contributed by atoms with van der Waals surface area (Å²) in [5.74, 6) is -1.37. The van der Waals surface area contributed by atoms with E-state index in [1.807, 2.05) is 13.0 Å². The first-order valence-electron chi connectivity index (χ1n) is 10.2. The van der Waals surface area contributed by atoms with Crippen molar-refractivity contribution in [3.63, 3.8) is 0 Å². The Morgan fingerprint density at radius 3 is 2.52 bits per heavy atom. The van der Waals surface area contributed by atoms with Crippen molar-refractivity contribution in [3.8, 4) is 0 Å². The van der Waals surface area contributed by atoms with Gasteiger partial charge in [-0.2, -0.15) is 0 Å². The van der Waals surface area contributed by atoms with E-state index in [-0.39, 0.29) is 48.2 Å². The Kier molecular flexibility index (Phi) is 6.31. The monoisotopic (exact) mass is 405 g/mol. The number of aliphatic hydroxyl groups is 4. The molecule has 0 radical (unpaired) electrons. The lowest BCUT2D eigenvalue weighted by atomic mass is 9.54. The zero-order valence-corrected chi connectivity index (χ0v) is 17.0. The number of amides is 1. The summed E-state index contributed by atoms with van der Waals surface area (Å²) in [4.78, 5) is 26.7. The van der Waals surface area contributed by atoms with E-state index in [9.17, 15) is 30.0 Å². The van der Waals surface area contributed by atoms with E-state index in [1.54, 1.807) is 12.2 Å². The van der Waals surface area contributed by atoms with Crippen LogP contribution in [0.2, 0.25) is 0 Å². The zero-order valence-electron chi connectivity index (χ0n) is 17.0. The molecule has 0 spiro atoms. The summed E-state index contributed by atoms with van der Waals surface area (Å²) >= 11 is 0. The molecule has 0 unspecified atom stereocenters. The molecule has 6 atom stereocenters. The number of hydrogen-bond donors (Lipinski definition) is 4. The number of carbonyl (C=O) groups is 2. The molecule has 7 nitrogen and oxygen atoms in total. The molecule has 0 bridgehead atoms. The van der Waals surface area contributed by atoms with Gasteiger partial charge in [-0.3, -0.25) is 9.59 Å². The SMILES string of the molecule is CN1C(=O)/C(=C(\O)[C@@]2(C)[C@@H]3CC[C@@H](CO)C[C@H]3C=C[C@H]2/C=C/CO)C(=O)[C@@H]1CO. The Bertz CT molecular complexity index is 756. The fourth-order valence-corrected chi connectivity index (χ4v) is 5.39. The Labute approximate surface area is 171 Å². The number of Topliss-reactive ketones (excluding diaryl/α,β-unsaturated/α-hetero) is 1. The van der Waals surface area contributed by atoms with Gasteiger partial charge in [0.15, 0.2) is 5.78 Å². The molecule has 0 aromatic rings. The summed E-state index contributed by atoms with van der Waals surface area (Å²) in [5.41, 5.74) is -1.15. The molecule has 0 aromatic carbocycles. The summed E-state index contributed by atoms with van der Waals surface area (Å²) < 4.78 is 0. The molecule has 0 aromatic heterocycles. The predicted molar refractivity (Wildman–Crippen MR) is 107 cm³/mol. The van der Waals surface area contributed by atoms with Gasteiger partial charge in [-0.25, -0.2) is 0 Å². The Morgan fingerprint density at radius 2 is 1.93 bits per heavy atom. The van der Waals surface area contributed by atoms with Crippen LogP contribution < -0.4 is 0 Å². The Hall–Kier alpha value is -1.96. The number of fused-ring (bicyclic) bond motifs is 1. The molecule has 4 N–H and O–H groups in total. The van der Waals surface area contributed by atoms with Crippen LogP contribution in [0.1, 0.15) is 26.2 Å². The summed E-state index contributed by atoms with van der Waals surface area (Å²) in [6.07, 6.45) is 9.80. The molecule has 3 aliphatic rings. The molecule has 29 heavy (non-hydrogen) atoms.